The van der Waals surface area contributed by atoms with Crippen LogP contribution in [-0.2, 0) is 0 Å². The van der Waals surface area contributed by atoms with Gasteiger partial charge in [-0.2, -0.15) is 0 Å². The number of carbonyl (C=O) groups excluding carboxylic acids is 1. The molecule has 0 atom stereocenters. The molecule has 2 amide bonds. The van der Waals surface area contributed by atoms with Crippen LogP contribution in [0, 0.1) is 11.3 Å². The van der Waals surface area contributed by atoms with Gasteiger partial charge in [0.25, 0.3) is 0 Å². The van der Waals surface area contributed by atoms with Crippen LogP contribution in [0.2, 0.25) is 0 Å². The Morgan fingerprint density at radius 1 is 0.875 bits per heavy atom. The average Bonchev–Trinajstić information content (AvgIpc) is 2.52. The van der Waals surface area contributed by atoms with E-state index in [4.69, 9.17) is 0 Å². The second-order valence-corrected chi connectivity index (χ2v) is 9.91. The number of carbonyl (C=O) groups is 1. The zero-order chi connectivity index (χ0) is 18.1. The number of piperidine rings is 2. The Kier molecular flexibility index (Phi) is 5.89. The molecule has 0 radical (unpaired) electrons. The lowest BCUT2D eigenvalue weighted by atomic mass is 9.75. The monoisotopic (exact) mass is 337 g/mol. The van der Waals surface area contributed by atoms with Gasteiger partial charge in [0, 0.05) is 44.8 Å². The molecular weight excluding hydrogens is 298 g/mol. The molecule has 0 aromatic carbocycles. The molecule has 0 unspecified atom stereocenters. The molecule has 2 fully saturated rings. The van der Waals surface area contributed by atoms with Crippen LogP contribution in [0.3, 0.4) is 0 Å². The Labute approximate surface area is 149 Å². The lowest BCUT2D eigenvalue weighted by Gasteiger charge is -2.45. The van der Waals surface area contributed by atoms with Crippen molar-refractivity contribution in [1.29, 1.82) is 0 Å². The van der Waals surface area contributed by atoms with Gasteiger partial charge < -0.3 is 9.80 Å². The number of hydrogen-bond acceptors (Lipinski definition) is 2. The smallest absolute Gasteiger partial charge is 0.319 e. The van der Waals surface area contributed by atoms with E-state index in [0.717, 1.165) is 57.8 Å². The van der Waals surface area contributed by atoms with Crippen LogP contribution >= 0.6 is 0 Å². The van der Waals surface area contributed by atoms with Gasteiger partial charge in [0.1, 0.15) is 0 Å². The first-order valence-electron chi connectivity index (χ1n) is 9.77. The van der Waals surface area contributed by atoms with Gasteiger partial charge >= 0.3 is 6.03 Å². The average molecular weight is 338 g/mol. The minimum atomic E-state index is 0.238. The fraction of sp³-hybridized carbons (Fsp3) is 0.950. The van der Waals surface area contributed by atoms with Crippen LogP contribution in [0.25, 0.3) is 0 Å². The highest BCUT2D eigenvalue weighted by Gasteiger charge is 2.34. The Bertz CT molecular complexity index is 419. The van der Waals surface area contributed by atoms with Gasteiger partial charge in [-0.1, -0.05) is 20.8 Å². The van der Waals surface area contributed by atoms with Crippen molar-refractivity contribution in [3.63, 3.8) is 0 Å². The topological polar surface area (TPSA) is 26.8 Å². The molecule has 2 aliphatic rings. The first-order valence-corrected chi connectivity index (χ1v) is 9.77. The number of urea groups is 1. The first kappa shape index (κ1) is 19.6. The van der Waals surface area contributed by atoms with Crippen molar-refractivity contribution in [2.75, 3.05) is 33.2 Å². The first-order chi connectivity index (χ1) is 11.0. The van der Waals surface area contributed by atoms with E-state index in [9.17, 15) is 4.79 Å². The van der Waals surface area contributed by atoms with Gasteiger partial charge in [0.15, 0.2) is 0 Å². The van der Waals surface area contributed by atoms with E-state index in [1.807, 2.05) is 11.9 Å². The van der Waals surface area contributed by atoms with Crippen molar-refractivity contribution in [3.05, 3.63) is 0 Å². The summed E-state index contributed by atoms with van der Waals surface area (Å²) in [5, 5.41) is 0. The van der Waals surface area contributed by atoms with E-state index >= 15 is 0 Å². The Hall–Kier alpha value is -0.770. The summed E-state index contributed by atoms with van der Waals surface area (Å²) in [5.74, 6) is 0.738. The van der Waals surface area contributed by atoms with E-state index in [0.29, 0.717) is 11.5 Å². The van der Waals surface area contributed by atoms with Crippen molar-refractivity contribution < 1.29 is 4.79 Å². The fourth-order valence-electron chi connectivity index (χ4n) is 4.24. The third-order valence-corrected chi connectivity index (χ3v) is 6.25. The maximum atomic E-state index is 12.9. The molecule has 4 heteroatoms. The molecule has 0 aromatic heterocycles. The molecule has 2 saturated heterocycles. The summed E-state index contributed by atoms with van der Waals surface area (Å²) in [5.41, 5.74) is 0.600. The van der Waals surface area contributed by atoms with Crippen LogP contribution in [-0.4, -0.2) is 65.5 Å². The van der Waals surface area contributed by atoms with Gasteiger partial charge in [-0.05, 0) is 57.8 Å². The maximum Gasteiger partial charge on any atom is 0.319 e. The highest BCUT2D eigenvalue weighted by Crippen LogP contribution is 2.34. The van der Waals surface area contributed by atoms with Crippen molar-refractivity contribution in [2.45, 2.75) is 78.8 Å². The van der Waals surface area contributed by atoms with Crippen molar-refractivity contribution in [2.24, 2.45) is 11.3 Å². The summed E-state index contributed by atoms with van der Waals surface area (Å²) >= 11 is 0. The lowest BCUT2D eigenvalue weighted by molar-refractivity contribution is 0.0591. The number of likely N-dealkylation sites (tertiary alicyclic amines) is 2. The molecule has 0 spiro atoms. The summed E-state index contributed by atoms with van der Waals surface area (Å²) in [6, 6.07) is 0.646. The quantitative estimate of drug-likeness (QED) is 0.721. The highest BCUT2D eigenvalue weighted by atomic mass is 16.2. The molecule has 2 rings (SSSR count). The molecule has 24 heavy (non-hydrogen) atoms. The predicted octanol–water partition coefficient (Wildman–Crippen LogP) is 4.06. The fourth-order valence-corrected chi connectivity index (χ4v) is 4.24. The third kappa shape index (κ3) is 4.65. The van der Waals surface area contributed by atoms with Gasteiger partial charge in [-0.3, -0.25) is 4.90 Å². The van der Waals surface area contributed by atoms with Gasteiger partial charge in [0.05, 0.1) is 0 Å². The van der Waals surface area contributed by atoms with Crippen molar-refractivity contribution in [3.8, 4) is 0 Å². The van der Waals surface area contributed by atoms with Crippen LogP contribution in [0.4, 0.5) is 4.79 Å². The van der Waals surface area contributed by atoms with Crippen LogP contribution in [0.5, 0.6) is 0 Å². The molecule has 2 heterocycles. The minimum Gasteiger partial charge on any atom is -0.325 e. The van der Waals surface area contributed by atoms with Gasteiger partial charge in [-0.15, -0.1) is 0 Å². The van der Waals surface area contributed by atoms with E-state index in [1.165, 1.54) is 0 Å². The molecule has 0 aromatic rings. The molecule has 0 aliphatic carbocycles. The minimum absolute atomic E-state index is 0.238. The SMILES string of the molecule is CN(C(=O)N1CCC(C(C)(C)C)CC1)C1CCN(C(C)(C)C)CC1. The Morgan fingerprint density at radius 3 is 1.79 bits per heavy atom. The predicted molar refractivity (Wildman–Crippen MR) is 101 cm³/mol. The van der Waals surface area contributed by atoms with Crippen LogP contribution < -0.4 is 0 Å². The molecule has 0 N–H and O–H groups in total. The standard InChI is InChI=1S/C20H39N3O/c1-19(2,3)16-8-12-22(13-9-16)18(24)21(7)17-10-14-23(15-11-17)20(4,5)6/h16-17H,8-15H2,1-7H3. The summed E-state index contributed by atoms with van der Waals surface area (Å²) in [6.07, 6.45) is 4.48. The summed E-state index contributed by atoms with van der Waals surface area (Å²) in [4.78, 5) is 19.5. The van der Waals surface area contributed by atoms with Crippen LogP contribution in [0.15, 0.2) is 0 Å². The number of amides is 2. The maximum absolute atomic E-state index is 12.9. The van der Waals surface area contributed by atoms with E-state index in [1.54, 1.807) is 0 Å². The van der Waals surface area contributed by atoms with Crippen molar-refractivity contribution >= 4 is 6.03 Å². The van der Waals surface area contributed by atoms with Gasteiger partial charge in [-0.25, -0.2) is 4.79 Å². The van der Waals surface area contributed by atoms with Gasteiger partial charge in [0.2, 0.25) is 0 Å². The number of rotatable bonds is 1. The number of nitrogens with zero attached hydrogens (tertiary/aromatic N) is 3. The summed E-state index contributed by atoms with van der Waals surface area (Å²) < 4.78 is 0. The van der Waals surface area contributed by atoms with E-state index in [-0.39, 0.29) is 11.6 Å². The second kappa shape index (κ2) is 7.23. The Balaban J connectivity index is 1.83. The molecule has 0 bridgehead atoms. The van der Waals surface area contributed by atoms with E-state index < -0.39 is 0 Å². The second-order valence-electron chi connectivity index (χ2n) is 9.91. The molecule has 0 saturated carbocycles. The summed E-state index contributed by atoms with van der Waals surface area (Å²) in [7, 11) is 2.01. The van der Waals surface area contributed by atoms with Crippen molar-refractivity contribution in [1.82, 2.24) is 14.7 Å². The third-order valence-electron chi connectivity index (χ3n) is 6.25. The Morgan fingerprint density at radius 2 is 1.38 bits per heavy atom. The largest absolute Gasteiger partial charge is 0.325 e. The zero-order valence-electron chi connectivity index (χ0n) is 17.1. The molecular formula is C20H39N3O. The van der Waals surface area contributed by atoms with Crippen LogP contribution in [0.1, 0.15) is 67.2 Å². The molecule has 140 valence electrons. The molecule has 4 nitrogen and oxygen atoms in total. The summed E-state index contributed by atoms with van der Waals surface area (Å²) in [6.45, 7) is 17.8. The zero-order valence-corrected chi connectivity index (χ0v) is 17.1. The number of hydrogen-bond donors (Lipinski definition) is 0. The highest BCUT2D eigenvalue weighted by molar-refractivity contribution is 5.74. The lowest BCUT2D eigenvalue weighted by Crippen LogP contribution is -2.54. The normalized spacial score (nSPS) is 22.7. The molecule has 2 aliphatic heterocycles. The van der Waals surface area contributed by atoms with E-state index in [2.05, 4.69) is 51.3 Å².